The maximum Gasteiger partial charge on any atom is 0.330 e. The summed E-state index contributed by atoms with van der Waals surface area (Å²) < 4.78 is 9.83. The zero-order valence-electron chi connectivity index (χ0n) is 11.1. The maximum atomic E-state index is 9.60. The smallest absolute Gasteiger partial charge is 0.330 e. The number of hydrogen-bond acceptors (Lipinski definition) is 5. The SMILES string of the molecule is C=C(C)C(=O)O.CCCCOC(O)COCCO. The molecule has 1 atom stereocenters. The summed E-state index contributed by atoms with van der Waals surface area (Å²) in [5, 5.41) is 25.3. The van der Waals surface area contributed by atoms with Crippen molar-refractivity contribution in [1.82, 2.24) is 0 Å². The minimum absolute atomic E-state index is 0.0261. The summed E-state index contributed by atoms with van der Waals surface area (Å²) in [5.41, 5.74) is 0.176. The van der Waals surface area contributed by atoms with E-state index in [0.29, 0.717) is 6.61 Å². The van der Waals surface area contributed by atoms with Gasteiger partial charge in [-0.3, -0.25) is 0 Å². The molecule has 0 aliphatic rings. The predicted molar refractivity (Wildman–Crippen MR) is 67.2 cm³/mol. The second-order valence-electron chi connectivity index (χ2n) is 3.56. The predicted octanol–water partition coefficient (Wildman–Crippen LogP) is 0.778. The third kappa shape index (κ3) is 17.4. The molecule has 0 heterocycles. The first-order chi connectivity index (χ1) is 8.45. The van der Waals surface area contributed by atoms with Crippen molar-refractivity contribution in [3.05, 3.63) is 12.2 Å². The number of aliphatic carboxylic acids is 1. The Balaban J connectivity index is 0. The lowest BCUT2D eigenvalue weighted by atomic mass is 10.4. The normalized spacial score (nSPS) is 11.3. The van der Waals surface area contributed by atoms with Gasteiger partial charge < -0.3 is 24.8 Å². The van der Waals surface area contributed by atoms with E-state index in [2.05, 4.69) is 13.5 Å². The van der Waals surface area contributed by atoms with Gasteiger partial charge in [0.1, 0.15) is 0 Å². The molecule has 0 radical (unpaired) electrons. The molecule has 18 heavy (non-hydrogen) atoms. The van der Waals surface area contributed by atoms with E-state index in [1.54, 1.807) is 0 Å². The molecule has 0 aliphatic carbocycles. The third-order valence-electron chi connectivity index (χ3n) is 1.67. The van der Waals surface area contributed by atoms with Crippen molar-refractivity contribution in [3.63, 3.8) is 0 Å². The molecule has 0 rings (SSSR count). The average molecular weight is 264 g/mol. The van der Waals surface area contributed by atoms with Crippen LogP contribution in [0.2, 0.25) is 0 Å². The summed E-state index contributed by atoms with van der Waals surface area (Å²) in [7, 11) is 0. The molecule has 3 N–H and O–H groups in total. The summed E-state index contributed by atoms with van der Waals surface area (Å²) >= 11 is 0. The van der Waals surface area contributed by atoms with Gasteiger partial charge in [0.15, 0.2) is 6.29 Å². The van der Waals surface area contributed by atoms with Crippen LogP contribution in [-0.4, -0.2) is 54.0 Å². The minimum atomic E-state index is -0.935. The quantitative estimate of drug-likeness (QED) is 0.323. The number of unbranched alkanes of at least 4 members (excludes halogenated alkanes) is 1. The molecule has 6 heteroatoms. The molecule has 0 fully saturated rings. The molecule has 0 bridgehead atoms. The van der Waals surface area contributed by atoms with E-state index in [4.69, 9.17) is 24.8 Å². The fraction of sp³-hybridized carbons (Fsp3) is 0.750. The van der Waals surface area contributed by atoms with Crippen LogP contribution in [0.15, 0.2) is 12.2 Å². The van der Waals surface area contributed by atoms with Crippen molar-refractivity contribution in [2.45, 2.75) is 33.0 Å². The van der Waals surface area contributed by atoms with Gasteiger partial charge in [0, 0.05) is 12.2 Å². The number of carboxylic acid groups (broad SMARTS) is 1. The molecular weight excluding hydrogens is 240 g/mol. The summed E-state index contributed by atoms with van der Waals surface area (Å²) in [6.45, 7) is 7.56. The van der Waals surface area contributed by atoms with Crippen LogP contribution in [0.25, 0.3) is 0 Å². The molecular formula is C12H24O6. The fourth-order valence-corrected chi connectivity index (χ4v) is 0.661. The lowest BCUT2D eigenvalue weighted by Gasteiger charge is -2.11. The van der Waals surface area contributed by atoms with E-state index >= 15 is 0 Å². The van der Waals surface area contributed by atoms with Crippen LogP contribution in [0.5, 0.6) is 0 Å². The van der Waals surface area contributed by atoms with Gasteiger partial charge in [0.25, 0.3) is 0 Å². The van der Waals surface area contributed by atoms with Crippen LogP contribution >= 0.6 is 0 Å². The maximum absolute atomic E-state index is 9.60. The first-order valence-electron chi connectivity index (χ1n) is 5.82. The van der Waals surface area contributed by atoms with Gasteiger partial charge in [0.2, 0.25) is 0 Å². The zero-order valence-corrected chi connectivity index (χ0v) is 11.1. The summed E-state index contributed by atoms with van der Waals surface area (Å²) in [5.74, 6) is -0.935. The van der Waals surface area contributed by atoms with Crippen molar-refractivity contribution in [1.29, 1.82) is 0 Å². The van der Waals surface area contributed by atoms with Gasteiger partial charge in [-0.2, -0.15) is 0 Å². The number of rotatable bonds is 9. The Bertz CT molecular complexity index is 195. The monoisotopic (exact) mass is 264 g/mol. The first-order valence-corrected chi connectivity index (χ1v) is 5.82. The fourth-order valence-electron chi connectivity index (χ4n) is 0.661. The van der Waals surface area contributed by atoms with Gasteiger partial charge in [-0.25, -0.2) is 4.79 Å². The highest BCUT2D eigenvalue weighted by atomic mass is 16.6. The van der Waals surface area contributed by atoms with Crippen molar-refractivity contribution in [2.24, 2.45) is 0 Å². The van der Waals surface area contributed by atoms with Gasteiger partial charge in [0.05, 0.1) is 19.8 Å². The van der Waals surface area contributed by atoms with Crippen LogP contribution in [0, 0.1) is 0 Å². The number of aliphatic hydroxyl groups excluding tert-OH is 2. The molecule has 6 nitrogen and oxygen atoms in total. The van der Waals surface area contributed by atoms with Gasteiger partial charge in [-0.15, -0.1) is 0 Å². The largest absolute Gasteiger partial charge is 0.478 e. The van der Waals surface area contributed by atoms with E-state index in [-0.39, 0.29) is 25.4 Å². The zero-order chi connectivity index (χ0) is 14.4. The highest BCUT2D eigenvalue weighted by molar-refractivity contribution is 5.84. The number of ether oxygens (including phenoxy) is 2. The van der Waals surface area contributed by atoms with E-state index < -0.39 is 12.3 Å². The van der Waals surface area contributed by atoms with Gasteiger partial charge in [-0.05, 0) is 13.3 Å². The Morgan fingerprint density at radius 2 is 1.94 bits per heavy atom. The van der Waals surface area contributed by atoms with E-state index in [9.17, 15) is 4.79 Å². The molecule has 0 amide bonds. The molecule has 0 aromatic carbocycles. The van der Waals surface area contributed by atoms with Crippen LogP contribution in [0.1, 0.15) is 26.7 Å². The van der Waals surface area contributed by atoms with Gasteiger partial charge >= 0.3 is 5.97 Å². The van der Waals surface area contributed by atoms with Crippen molar-refractivity contribution >= 4 is 5.97 Å². The second-order valence-corrected chi connectivity index (χ2v) is 3.56. The van der Waals surface area contributed by atoms with E-state index in [0.717, 1.165) is 12.8 Å². The number of hydrogen-bond donors (Lipinski definition) is 3. The molecule has 0 spiro atoms. The Morgan fingerprint density at radius 1 is 1.39 bits per heavy atom. The molecule has 0 aromatic rings. The number of aliphatic hydroxyl groups is 2. The van der Waals surface area contributed by atoms with Crippen molar-refractivity contribution in [2.75, 3.05) is 26.4 Å². The minimum Gasteiger partial charge on any atom is -0.478 e. The van der Waals surface area contributed by atoms with Crippen molar-refractivity contribution in [3.8, 4) is 0 Å². The van der Waals surface area contributed by atoms with Crippen LogP contribution in [0.3, 0.4) is 0 Å². The summed E-state index contributed by atoms with van der Waals surface area (Å²) in [4.78, 5) is 9.60. The lowest BCUT2D eigenvalue weighted by molar-refractivity contribution is -0.139. The molecule has 1 unspecified atom stereocenters. The van der Waals surface area contributed by atoms with Crippen LogP contribution < -0.4 is 0 Å². The Kier molecular flexibility index (Phi) is 15.2. The standard InChI is InChI=1S/C8H18O4.C4H6O2/c1-2-3-5-12-8(10)7-11-6-4-9;1-3(2)4(5)6/h8-10H,2-7H2,1H3;1H2,2H3,(H,5,6). The highest BCUT2D eigenvalue weighted by Gasteiger charge is 2.02. The van der Waals surface area contributed by atoms with Crippen LogP contribution in [0.4, 0.5) is 0 Å². The Labute approximate surface area is 108 Å². The molecule has 0 saturated carbocycles. The van der Waals surface area contributed by atoms with E-state index in [1.807, 2.05) is 0 Å². The Hall–Kier alpha value is -0.950. The molecule has 0 aliphatic heterocycles. The molecule has 0 saturated heterocycles. The Morgan fingerprint density at radius 3 is 2.33 bits per heavy atom. The van der Waals surface area contributed by atoms with Crippen molar-refractivity contribution < 1.29 is 29.6 Å². The van der Waals surface area contributed by atoms with E-state index in [1.165, 1.54) is 6.92 Å². The highest BCUT2D eigenvalue weighted by Crippen LogP contribution is 1.93. The first kappa shape index (κ1) is 19.4. The second kappa shape index (κ2) is 14.1. The summed E-state index contributed by atoms with van der Waals surface area (Å²) in [6.07, 6.45) is 1.13. The third-order valence-corrected chi connectivity index (χ3v) is 1.67. The number of carboxylic acids is 1. The van der Waals surface area contributed by atoms with Crippen LogP contribution in [-0.2, 0) is 14.3 Å². The number of carbonyl (C=O) groups is 1. The molecule has 0 aromatic heterocycles. The average Bonchev–Trinajstić information content (AvgIpc) is 2.30. The van der Waals surface area contributed by atoms with Gasteiger partial charge in [-0.1, -0.05) is 19.9 Å². The molecule has 108 valence electrons. The lowest BCUT2D eigenvalue weighted by Crippen LogP contribution is -2.20. The topological polar surface area (TPSA) is 96.2 Å². The summed E-state index contributed by atoms with van der Waals surface area (Å²) in [6, 6.07) is 0.